The van der Waals surface area contributed by atoms with Crippen molar-refractivity contribution < 1.29 is 14.3 Å². The second kappa shape index (κ2) is 8.18. The summed E-state index contributed by atoms with van der Waals surface area (Å²) in [7, 11) is 3.09. The smallest absolute Gasteiger partial charge is 0.255 e. The van der Waals surface area contributed by atoms with Gasteiger partial charge in [0.25, 0.3) is 5.91 Å². The summed E-state index contributed by atoms with van der Waals surface area (Å²) in [6.45, 7) is 0.539. The Kier molecular flexibility index (Phi) is 5.18. The first-order valence-corrected chi connectivity index (χ1v) is 10.6. The number of nitrogens with one attached hydrogen (secondary N) is 3. The van der Waals surface area contributed by atoms with Gasteiger partial charge in [0.1, 0.15) is 11.3 Å². The monoisotopic (exact) mass is 464 g/mol. The summed E-state index contributed by atoms with van der Waals surface area (Å²) in [5.41, 5.74) is 11.2. The van der Waals surface area contributed by atoms with Crippen molar-refractivity contribution in [1.82, 2.24) is 20.3 Å². The molecular formula is C23H21ClN6O3. The molecule has 0 spiro atoms. The van der Waals surface area contributed by atoms with E-state index in [-0.39, 0.29) is 5.91 Å². The van der Waals surface area contributed by atoms with E-state index in [1.54, 1.807) is 44.6 Å². The number of anilines is 3. The van der Waals surface area contributed by atoms with Gasteiger partial charge in [-0.3, -0.25) is 4.79 Å². The fourth-order valence-electron chi connectivity index (χ4n) is 4.07. The molecule has 5 rings (SSSR count). The van der Waals surface area contributed by atoms with Crippen molar-refractivity contribution in [1.29, 1.82) is 0 Å². The lowest BCUT2D eigenvalue weighted by molar-refractivity contribution is 0.0947. The molecule has 0 atom stereocenters. The first-order valence-electron chi connectivity index (χ1n) is 10.2. The zero-order chi connectivity index (χ0) is 23.1. The number of nitrogens with two attached hydrogens (primary N) is 1. The molecule has 1 aliphatic heterocycles. The Labute approximate surface area is 194 Å². The Morgan fingerprint density at radius 1 is 1.15 bits per heavy atom. The third kappa shape index (κ3) is 3.56. The number of hydrogen-bond donors (Lipinski definition) is 4. The summed E-state index contributed by atoms with van der Waals surface area (Å²) in [6, 6.07) is 10.6. The van der Waals surface area contributed by atoms with Crippen LogP contribution in [-0.2, 0) is 6.42 Å². The minimum atomic E-state index is -0.181. The number of amides is 1. The average molecular weight is 465 g/mol. The predicted molar refractivity (Wildman–Crippen MR) is 128 cm³/mol. The van der Waals surface area contributed by atoms with E-state index in [0.29, 0.717) is 74.7 Å². The molecule has 0 aliphatic carbocycles. The number of fused-ring (bicyclic) bond motifs is 2. The topological polar surface area (TPSA) is 127 Å². The summed E-state index contributed by atoms with van der Waals surface area (Å²) in [5, 5.41) is 6.72. The van der Waals surface area contributed by atoms with Crippen LogP contribution in [-0.4, -0.2) is 41.6 Å². The van der Waals surface area contributed by atoms with Gasteiger partial charge in [-0.1, -0.05) is 17.7 Å². The van der Waals surface area contributed by atoms with Crippen molar-refractivity contribution in [2.45, 2.75) is 6.42 Å². The number of hydrogen-bond acceptors (Lipinski definition) is 7. The number of methoxy groups -OCH3 is 2. The highest BCUT2D eigenvalue weighted by atomic mass is 35.5. The normalized spacial score (nSPS) is 12.9. The van der Waals surface area contributed by atoms with Crippen molar-refractivity contribution in [3.63, 3.8) is 0 Å². The van der Waals surface area contributed by atoms with Crippen LogP contribution >= 0.6 is 11.6 Å². The maximum Gasteiger partial charge on any atom is 0.255 e. The van der Waals surface area contributed by atoms with Gasteiger partial charge in [-0.25, -0.2) is 9.97 Å². The number of rotatable bonds is 5. The van der Waals surface area contributed by atoms with E-state index in [4.69, 9.17) is 26.8 Å². The third-order valence-electron chi connectivity index (χ3n) is 5.52. The number of aromatic amines is 1. The van der Waals surface area contributed by atoms with Gasteiger partial charge in [0.15, 0.2) is 5.75 Å². The van der Waals surface area contributed by atoms with E-state index < -0.39 is 0 Å². The van der Waals surface area contributed by atoms with Gasteiger partial charge in [0.2, 0.25) is 5.88 Å². The number of nitrogens with zero attached hydrogens (tertiary/aromatic N) is 2. The SMILES string of the molecule is COc1ccc2nc(N)cc(-c3[nH]c4c(c3Nc3cccc(Cl)c3OC)C(=O)NCC4)c2n1. The minimum absolute atomic E-state index is 0.181. The van der Waals surface area contributed by atoms with Gasteiger partial charge in [-0.05, 0) is 24.3 Å². The molecule has 0 radical (unpaired) electrons. The van der Waals surface area contributed by atoms with E-state index in [9.17, 15) is 4.79 Å². The number of carbonyl (C=O) groups excluding carboxylic acids is 1. The molecule has 168 valence electrons. The number of carbonyl (C=O) groups is 1. The molecule has 1 aliphatic rings. The fourth-order valence-corrected chi connectivity index (χ4v) is 4.32. The number of benzene rings is 1. The van der Waals surface area contributed by atoms with E-state index in [2.05, 4.69) is 25.6 Å². The molecule has 33 heavy (non-hydrogen) atoms. The van der Waals surface area contributed by atoms with E-state index in [0.717, 1.165) is 5.69 Å². The van der Waals surface area contributed by atoms with Crippen LogP contribution in [0, 0.1) is 0 Å². The van der Waals surface area contributed by atoms with Crippen LogP contribution in [0.5, 0.6) is 11.6 Å². The lowest BCUT2D eigenvalue weighted by atomic mass is 10.0. The molecule has 5 N–H and O–H groups in total. The van der Waals surface area contributed by atoms with E-state index >= 15 is 0 Å². The molecule has 0 unspecified atom stereocenters. The second-order valence-electron chi connectivity index (χ2n) is 7.50. The highest BCUT2D eigenvalue weighted by Crippen LogP contribution is 2.42. The van der Waals surface area contributed by atoms with Crippen LogP contribution in [0.1, 0.15) is 16.1 Å². The van der Waals surface area contributed by atoms with Gasteiger partial charge in [-0.2, -0.15) is 0 Å². The summed E-state index contributed by atoms with van der Waals surface area (Å²) < 4.78 is 10.8. The van der Waals surface area contributed by atoms with E-state index in [1.165, 1.54) is 0 Å². The average Bonchev–Trinajstić information content (AvgIpc) is 3.17. The Morgan fingerprint density at radius 3 is 2.79 bits per heavy atom. The summed E-state index contributed by atoms with van der Waals surface area (Å²) in [6.07, 6.45) is 0.650. The largest absolute Gasteiger partial charge is 0.493 e. The van der Waals surface area contributed by atoms with Crippen molar-refractivity contribution >= 4 is 45.7 Å². The van der Waals surface area contributed by atoms with Crippen molar-refractivity contribution in [3.8, 4) is 22.9 Å². The molecule has 0 bridgehead atoms. The van der Waals surface area contributed by atoms with Gasteiger partial charge < -0.3 is 30.8 Å². The number of pyridine rings is 2. The van der Waals surface area contributed by atoms with Crippen molar-refractivity contribution in [2.24, 2.45) is 0 Å². The molecule has 10 heteroatoms. The number of halogens is 1. The first kappa shape index (κ1) is 20.9. The van der Waals surface area contributed by atoms with Gasteiger partial charge in [0, 0.05) is 30.3 Å². The Hall–Kier alpha value is -3.98. The van der Waals surface area contributed by atoms with Gasteiger partial charge in [-0.15, -0.1) is 0 Å². The number of ether oxygens (including phenoxy) is 2. The van der Waals surface area contributed by atoms with Crippen LogP contribution < -0.4 is 25.8 Å². The van der Waals surface area contributed by atoms with Crippen molar-refractivity contribution in [2.75, 3.05) is 31.8 Å². The molecule has 4 heterocycles. The highest BCUT2D eigenvalue weighted by molar-refractivity contribution is 6.32. The minimum Gasteiger partial charge on any atom is -0.493 e. The Morgan fingerprint density at radius 2 is 2.00 bits per heavy atom. The number of nitrogen functional groups attached to an aromatic ring is 1. The molecule has 0 saturated heterocycles. The molecular weight excluding hydrogens is 444 g/mol. The Balaban J connectivity index is 1.78. The molecule has 3 aromatic heterocycles. The van der Waals surface area contributed by atoms with Crippen LogP contribution in [0.3, 0.4) is 0 Å². The molecule has 0 saturated carbocycles. The molecule has 0 fully saturated rings. The fraction of sp³-hybridized carbons (Fsp3) is 0.174. The lowest BCUT2D eigenvalue weighted by Gasteiger charge is -2.17. The molecule has 4 aromatic rings. The van der Waals surface area contributed by atoms with Crippen LogP contribution in [0.15, 0.2) is 36.4 Å². The van der Waals surface area contributed by atoms with Crippen LogP contribution in [0.4, 0.5) is 17.2 Å². The quantitative estimate of drug-likeness (QED) is 0.352. The summed E-state index contributed by atoms with van der Waals surface area (Å²) in [5.74, 6) is 1.05. The number of para-hydroxylation sites is 1. The standard InChI is InChI=1S/C23H21ClN6O3/c1-32-17-7-6-14-19(30-17)11(10-16(25)27-14)20-21(18-13(28-20)8-9-26-23(18)31)29-15-5-3-4-12(24)22(15)33-2/h3-7,10,28-29H,8-9H2,1-2H3,(H2,25,27)(H,26,31). The molecule has 1 aromatic carbocycles. The van der Waals surface area contributed by atoms with Crippen molar-refractivity contribution in [3.05, 3.63) is 52.7 Å². The number of H-pyrrole nitrogens is 1. The predicted octanol–water partition coefficient (Wildman–Crippen LogP) is 3.91. The highest BCUT2D eigenvalue weighted by Gasteiger charge is 2.29. The molecule has 1 amide bonds. The summed E-state index contributed by atoms with van der Waals surface area (Å²) >= 11 is 6.33. The summed E-state index contributed by atoms with van der Waals surface area (Å²) in [4.78, 5) is 25.3. The van der Waals surface area contributed by atoms with E-state index in [1.807, 2.05) is 6.07 Å². The van der Waals surface area contributed by atoms with Gasteiger partial charge >= 0.3 is 0 Å². The first-order chi connectivity index (χ1) is 16.0. The number of aromatic nitrogens is 3. The van der Waals surface area contributed by atoms with Crippen LogP contribution in [0.25, 0.3) is 22.3 Å². The lowest BCUT2D eigenvalue weighted by Crippen LogP contribution is -2.31. The maximum atomic E-state index is 12.9. The Bertz CT molecular complexity index is 1400. The zero-order valence-corrected chi connectivity index (χ0v) is 18.7. The second-order valence-corrected chi connectivity index (χ2v) is 7.90. The van der Waals surface area contributed by atoms with Gasteiger partial charge in [0.05, 0.1) is 47.4 Å². The molecule has 9 nitrogen and oxygen atoms in total. The third-order valence-corrected chi connectivity index (χ3v) is 5.82. The maximum absolute atomic E-state index is 12.9. The van der Waals surface area contributed by atoms with Crippen LogP contribution in [0.2, 0.25) is 5.02 Å². The zero-order valence-electron chi connectivity index (χ0n) is 18.0.